The Morgan fingerprint density at radius 3 is 2.70 bits per heavy atom. The van der Waals surface area contributed by atoms with Gasteiger partial charge in [-0.05, 0) is 45.0 Å². The second-order valence-corrected chi connectivity index (χ2v) is 11.4. The quantitative estimate of drug-likeness (QED) is 0.193. The number of alkyl halides is 1. The first-order valence-electron chi connectivity index (χ1n) is 11.9. The van der Waals surface area contributed by atoms with Crippen molar-refractivity contribution in [1.29, 1.82) is 0 Å². The molecule has 4 rings (SSSR count). The predicted octanol–water partition coefficient (Wildman–Crippen LogP) is 3.36. The summed E-state index contributed by atoms with van der Waals surface area (Å²) in [5.74, 6) is 1.10. The van der Waals surface area contributed by atoms with Crippen molar-refractivity contribution in [1.82, 2.24) is 19.6 Å². The number of terminal acetylenes is 1. The van der Waals surface area contributed by atoms with E-state index in [0.29, 0.717) is 5.39 Å². The monoisotopic (exact) mass is 583 g/mol. The fourth-order valence-electron chi connectivity index (χ4n) is 4.28. The minimum absolute atomic E-state index is 0. The molecule has 1 unspecified atom stereocenters. The average molecular weight is 584 g/mol. The van der Waals surface area contributed by atoms with E-state index in [-0.39, 0.29) is 25.6 Å². The summed E-state index contributed by atoms with van der Waals surface area (Å²) in [5.41, 5.74) is 2.42. The number of hydrogen-bond acceptors (Lipinski definition) is 10. The van der Waals surface area contributed by atoms with Crippen LogP contribution in [0, 0.1) is 18.2 Å². The smallest absolute Gasteiger partial charge is 0.459 e. The number of carbonyl (C=O) groups excluding carboxylic acids is 1. The number of nitrogens with two attached hydrogens (primary N) is 1. The molecule has 15 heteroatoms. The van der Waals surface area contributed by atoms with Crippen LogP contribution in [0.3, 0.4) is 0 Å². The van der Waals surface area contributed by atoms with Gasteiger partial charge in [-0.3, -0.25) is 9.32 Å². The van der Waals surface area contributed by atoms with Gasteiger partial charge in [0.1, 0.15) is 47.1 Å². The van der Waals surface area contributed by atoms with Gasteiger partial charge in [-0.1, -0.05) is 5.92 Å². The van der Waals surface area contributed by atoms with Crippen molar-refractivity contribution in [3.05, 3.63) is 48.2 Å². The third-order valence-electron chi connectivity index (χ3n) is 6.32. The number of esters is 1. The van der Waals surface area contributed by atoms with Crippen molar-refractivity contribution in [3.63, 3.8) is 0 Å². The molecule has 1 saturated heterocycles. The molecular weight excluding hydrogens is 551 g/mol. The molecule has 3 heterocycles. The number of rotatable bonds is 9. The average Bonchev–Trinajstić information content (AvgIpc) is 3.38. The zero-order valence-electron chi connectivity index (χ0n) is 22.0. The van der Waals surface area contributed by atoms with Crippen LogP contribution in [0.25, 0.3) is 11.0 Å². The van der Waals surface area contributed by atoms with Crippen LogP contribution in [-0.2, 0) is 23.4 Å². The van der Waals surface area contributed by atoms with Crippen molar-refractivity contribution in [2.75, 3.05) is 19.5 Å². The summed E-state index contributed by atoms with van der Waals surface area (Å²) in [6.45, 7) is 3.19. The molecule has 0 aliphatic carbocycles. The Labute approximate surface area is 231 Å². The molecule has 1 aromatic carbocycles. The molecule has 3 aromatic rings. The number of hydrogen-bond donors (Lipinski definition) is 3. The number of carbonyl (C=O) groups is 1. The highest BCUT2D eigenvalue weighted by Gasteiger charge is 2.56. The maximum Gasteiger partial charge on any atom is 0.459 e. The number of nitrogens with zero attached hydrogens (tertiary/aromatic N) is 3. The normalized spacial score (nSPS) is 24.4. The number of benzene rings is 1. The van der Waals surface area contributed by atoms with Crippen LogP contribution in [0.15, 0.2) is 36.8 Å². The predicted molar refractivity (Wildman–Crippen MR) is 143 cm³/mol. The number of aliphatic hydroxyl groups is 1. The lowest BCUT2D eigenvalue weighted by Gasteiger charge is -2.29. The number of fused-ring (bicyclic) bond motifs is 1. The summed E-state index contributed by atoms with van der Waals surface area (Å²) in [6.07, 6.45) is 3.55. The van der Waals surface area contributed by atoms with Gasteiger partial charge in [0.15, 0.2) is 11.9 Å². The van der Waals surface area contributed by atoms with Crippen molar-refractivity contribution >= 4 is 30.6 Å². The Bertz CT molecular complexity index is 1520. The number of aliphatic hydroxyl groups excluding tert-OH is 1. The van der Waals surface area contributed by atoms with Crippen LogP contribution in [0.4, 0.5) is 14.6 Å². The molecule has 40 heavy (non-hydrogen) atoms. The van der Waals surface area contributed by atoms with Crippen LogP contribution < -0.4 is 15.3 Å². The molecule has 12 nitrogen and oxygen atoms in total. The number of aromatic nitrogens is 3. The number of nitrogen functional groups attached to an aromatic ring is 1. The lowest BCUT2D eigenvalue weighted by Crippen LogP contribution is -2.47. The third-order valence-corrected chi connectivity index (χ3v) is 8.10. The zero-order valence-corrected chi connectivity index (χ0v) is 22.9. The van der Waals surface area contributed by atoms with Crippen LogP contribution in [0.1, 0.15) is 35.4 Å². The van der Waals surface area contributed by atoms with Crippen molar-refractivity contribution in [3.8, 4) is 18.1 Å². The van der Waals surface area contributed by atoms with E-state index in [9.17, 15) is 18.9 Å². The summed E-state index contributed by atoms with van der Waals surface area (Å²) in [6, 6.07) is 4.52. The van der Waals surface area contributed by atoms with E-state index in [1.807, 2.05) is 0 Å². The molecule has 1 aliphatic rings. The number of anilines is 1. The summed E-state index contributed by atoms with van der Waals surface area (Å²) in [5, 5.41) is 13.6. The first kappa shape index (κ1) is 29.4. The third kappa shape index (κ3) is 5.52. The summed E-state index contributed by atoms with van der Waals surface area (Å²) < 4.78 is 66.1. The fourth-order valence-corrected chi connectivity index (χ4v) is 5.96. The molecule has 0 saturated carbocycles. The highest BCUT2D eigenvalue weighted by molar-refractivity contribution is 7.52. The largest absolute Gasteiger partial charge is 0.468 e. The Morgan fingerprint density at radius 1 is 1.40 bits per heavy atom. The van der Waals surface area contributed by atoms with Gasteiger partial charge in [0, 0.05) is 9.05 Å². The van der Waals surface area contributed by atoms with Gasteiger partial charge in [-0.2, -0.15) is 5.09 Å². The van der Waals surface area contributed by atoms with Crippen LogP contribution >= 0.6 is 7.75 Å². The Morgan fingerprint density at radius 2 is 2.08 bits per heavy atom. The van der Waals surface area contributed by atoms with E-state index < -0.39 is 55.8 Å². The maximum absolute atomic E-state index is 16.0. The lowest BCUT2D eigenvalue weighted by atomic mass is 9.98. The molecule has 1 aliphatic heterocycles. The number of nitrogens with one attached hydrogen (secondary N) is 1. The van der Waals surface area contributed by atoms with E-state index in [0.717, 1.165) is 26.2 Å². The van der Waals surface area contributed by atoms with Gasteiger partial charge < -0.3 is 29.4 Å². The van der Waals surface area contributed by atoms with Gasteiger partial charge in [0.2, 0.25) is 0 Å². The first-order valence-corrected chi connectivity index (χ1v) is 13.4. The Hall–Kier alpha value is -3.60. The molecule has 1 fully saturated rings. The summed E-state index contributed by atoms with van der Waals surface area (Å²) in [7, 11) is -3.32. The maximum atomic E-state index is 16.0. The van der Waals surface area contributed by atoms with E-state index in [2.05, 4.69) is 21.0 Å². The minimum atomic E-state index is -4.46. The number of methoxy groups -OCH3 is 1. The minimum Gasteiger partial charge on any atom is -0.468 e. The van der Waals surface area contributed by atoms with Crippen LogP contribution in [0.5, 0.6) is 5.75 Å². The van der Waals surface area contributed by atoms with Gasteiger partial charge in [-0.15, -0.1) is 6.42 Å². The second-order valence-electron chi connectivity index (χ2n) is 9.74. The molecular formula is C25H32F2N5O7P. The van der Waals surface area contributed by atoms with Crippen LogP contribution in [-0.4, -0.2) is 62.7 Å². The highest BCUT2D eigenvalue weighted by atomic mass is 31.2. The van der Waals surface area contributed by atoms with Crippen molar-refractivity contribution < 1.29 is 44.6 Å². The van der Waals surface area contributed by atoms with Gasteiger partial charge >= 0.3 is 13.7 Å². The molecule has 5 atom stereocenters. The van der Waals surface area contributed by atoms with Gasteiger partial charge in [0.25, 0.3) is 0 Å². The van der Waals surface area contributed by atoms with Crippen molar-refractivity contribution in [2.24, 2.45) is 0 Å². The summed E-state index contributed by atoms with van der Waals surface area (Å²) >= 11 is 0. The second kappa shape index (κ2) is 10.8. The fraction of sp³-hybridized carbons (Fsp3) is 0.400. The highest BCUT2D eigenvalue weighted by Crippen LogP contribution is 2.49. The van der Waals surface area contributed by atoms with E-state index in [1.165, 1.54) is 43.1 Å². The first-order chi connectivity index (χ1) is 18.7. The van der Waals surface area contributed by atoms with Crippen molar-refractivity contribution in [2.45, 2.75) is 50.4 Å². The van der Waals surface area contributed by atoms with E-state index in [1.54, 1.807) is 0 Å². The molecule has 0 spiro atoms. The van der Waals surface area contributed by atoms with Gasteiger partial charge in [-0.25, -0.2) is 23.3 Å². The molecule has 0 radical (unpaired) electrons. The number of halogens is 2. The molecule has 4 N–H and O–H groups in total. The Balaban J connectivity index is 0.00000308. The molecule has 0 amide bonds. The SMILES string of the molecule is C#Cc1cn([C@@H]2O[C@H](COP(=O)(NC(C)(C)C(=O)OC)Oc3ccc(F)cc3)[C@@H](O)[C@@]2(C)F)c2ncnc(N)c12.[HH].[HH]. The molecule has 0 bridgehead atoms. The Kier molecular flexibility index (Phi) is 7.90. The van der Waals surface area contributed by atoms with E-state index in [4.69, 9.17) is 30.7 Å². The lowest BCUT2D eigenvalue weighted by molar-refractivity contribution is -0.146. The summed E-state index contributed by atoms with van der Waals surface area (Å²) in [4.78, 5) is 20.3. The topological polar surface area (TPSA) is 160 Å². The van der Waals surface area contributed by atoms with Crippen LogP contribution in [0.2, 0.25) is 0 Å². The van der Waals surface area contributed by atoms with E-state index >= 15 is 4.39 Å². The molecule has 218 valence electrons. The number of ether oxygens (including phenoxy) is 2. The standard InChI is InChI=1S/C25H28F2N5O7P.2H2/c1-6-14-11-32(21-18(14)20(28)29-13-30-21)22-25(4,27)19(33)17(38-22)12-37-40(35,31-24(2,3)23(34)36-5)39-16-9-7-15(26)8-10-16;;/h1,7-11,13,17,19,22,33H,12H2,2-5H3,(H,31,35)(H2,28,29,30);2*1H/t17-,19-,22-,25-,40?;;/m1../s1. The molecule has 2 aromatic heterocycles. The van der Waals surface area contributed by atoms with Gasteiger partial charge in [0.05, 0.1) is 24.7 Å². The zero-order chi connectivity index (χ0) is 29.5.